The fraction of sp³-hybridized carbons (Fsp3) is 0.208. The number of anilines is 2. The zero-order chi connectivity index (χ0) is 23.5. The molecular weight excluding hydrogens is 464 g/mol. The molecule has 4 rings (SSSR count). The number of benzene rings is 2. The zero-order valence-electron chi connectivity index (χ0n) is 18.0. The summed E-state index contributed by atoms with van der Waals surface area (Å²) in [7, 11) is 0. The highest BCUT2D eigenvalue weighted by Gasteiger charge is 2.29. The number of aryl methyl sites for hydroxylation is 1. The number of thiophene rings is 1. The Labute approximate surface area is 199 Å². The fourth-order valence-electron chi connectivity index (χ4n) is 3.49. The van der Waals surface area contributed by atoms with Gasteiger partial charge in [-0.1, -0.05) is 29.8 Å². The SMILES string of the molecule is CCOC(=O)c1c(-c2ccc(Cl)cc2)csc1NC(=O)CN1C(=O)COc2ccc(C)cc21. The standard InChI is InChI=1S/C24H21ClN2O5S/c1-3-31-24(30)22-17(15-5-7-16(25)8-6-15)13-33-23(22)26-20(28)11-27-18-10-14(2)4-9-19(18)32-12-21(27)29/h4-10,13H,3,11-12H2,1-2H3,(H,26,28). The number of carbonyl (C=O) groups excluding carboxylic acids is 3. The van der Waals surface area contributed by atoms with Crippen LogP contribution in [-0.2, 0) is 14.3 Å². The Kier molecular flexibility index (Phi) is 6.67. The molecule has 2 amide bonds. The van der Waals surface area contributed by atoms with Crippen molar-refractivity contribution in [3.8, 4) is 16.9 Å². The van der Waals surface area contributed by atoms with E-state index in [-0.39, 0.29) is 31.2 Å². The molecule has 0 bridgehead atoms. The third kappa shape index (κ3) is 4.86. The van der Waals surface area contributed by atoms with E-state index < -0.39 is 11.9 Å². The van der Waals surface area contributed by atoms with Gasteiger partial charge in [0.1, 0.15) is 22.9 Å². The molecule has 2 aromatic carbocycles. The summed E-state index contributed by atoms with van der Waals surface area (Å²) < 4.78 is 10.7. The topological polar surface area (TPSA) is 84.9 Å². The Hall–Kier alpha value is -3.36. The number of ether oxygens (including phenoxy) is 2. The van der Waals surface area contributed by atoms with E-state index in [1.165, 1.54) is 16.2 Å². The minimum Gasteiger partial charge on any atom is -0.482 e. The third-order valence-corrected chi connectivity index (χ3v) is 6.19. The van der Waals surface area contributed by atoms with Gasteiger partial charge >= 0.3 is 5.97 Å². The molecule has 0 radical (unpaired) electrons. The second-order valence-corrected chi connectivity index (χ2v) is 8.68. The highest BCUT2D eigenvalue weighted by molar-refractivity contribution is 7.15. The van der Waals surface area contributed by atoms with Gasteiger partial charge in [0, 0.05) is 16.0 Å². The number of carbonyl (C=O) groups is 3. The molecule has 0 unspecified atom stereocenters. The van der Waals surface area contributed by atoms with Crippen LogP contribution < -0.4 is 15.0 Å². The van der Waals surface area contributed by atoms with Gasteiger partial charge in [-0.15, -0.1) is 11.3 Å². The predicted octanol–water partition coefficient (Wildman–Crippen LogP) is 4.92. The molecule has 0 atom stereocenters. The number of esters is 1. The highest BCUT2D eigenvalue weighted by Crippen LogP contribution is 2.37. The van der Waals surface area contributed by atoms with Crippen molar-refractivity contribution in [2.45, 2.75) is 13.8 Å². The van der Waals surface area contributed by atoms with Gasteiger partial charge in [0.05, 0.1) is 12.3 Å². The molecule has 0 saturated heterocycles. The Bertz CT molecular complexity index is 1220. The van der Waals surface area contributed by atoms with Crippen LogP contribution in [-0.4, -0.2) is 37.5 Å². The second kappa shape index (κ2) is 9.64. The van der Waals surface area contributed by atoms with Crippen molar-refractivity contribution in [1.82, 2.24) is 0 Å². The van der Waals surface area contributed by atoms with E-state index >= 15 is 0 Å². The number of nitrogens with one attached hydrogen (secondary N) is 1. The molecule has 9 heteroatoms. The monoisotopic (exact) mass is 484 g/mol. The average Bonchev–Trinajstić information content (AvgIpc) is 3.20. The van der Waals surface area contributed by atoms with Crippen LogP contribution in [0.15, 0.2) is 47.8 Å². The normalized spacial score (nSPS) is 12.7. The largest absolute Gasteiger partial charge is 0.482 e. The van der Waals surface area contributed by atoms with Gasteiger partial charge in [-0.05, 0) is 49.2 Å². The summed E-state index contributed by atoms with van der Waals surface area (Å²) in [6, 6.07) is 12.5. The smallest absolute Gasteiger partial charge is 0.341 e. The Morgan fingerprint density at radius 1 is 1.21 bits per heavy atom. The zero-order valence-corrected chi connectivity index (χ0v) is 19.6. The number of fused-ring (bicyclic) bond motifs is 1. The minimum atomic E-state index is -0.539. The number of hydrogen-bond acceptors (Lipinski definition) is 6. The van der Waals surface area contributed by atoms with Crippen molar-refractivity contribution in [3.63, 3.8) is 0 Å². The molecule has 170 valence electrons. The number of nitrogens with zero attached hydrogens (tertiary/aromatic N) is 1. The molecule has 2 heterocycles. The number of hydrogen-bond donors (Lipinski definition) is 1. The van der Waals surface area contributed by atoms with Crippen LogP contribution in [0.25, 0.3) is 11.1 Å². The predicted molar refractivity (Wildman–Crippen MR) is 128 cm³/mol. The Balaban J connectivity index is 1.61. The molecule has 0 fully saturated rings. The Morgan fingerprint density at radius 3 is 2.70 bits per heavy atom. The first-order chi connectivity index (χ1) is 15.9. The van der Waals surface area contributed by atoms with Crippen LogP contribution in [0.2, 0.25) is 5.02 Å². The van der Waals surface area contributed by atoms with E-state index in [1.54, 1.807) is 48.7 Å². The molecule has 1 N–H and O–H groups in total. The van der Waals surface area contributed by atoms with Crippen LogP contribution in [0.4, 0.5) is 10.7 Å². The maximum Gasteiger partial charge on any atom is 0.341 e. The maximum atomic E-state index is 12.9. The first-order valence-corrected chi connectivity index (χ1v) is 11.5. The van der Waals surface area contributed by atoms with E-state index in [1.807, 2.05) is 13.0 Å². The van der Waals surface area contributed by atoms with Gasteiger partial charge in [-0.3, -0.25) is 14.5 Å². The number of amides is 2. The molecule has 1 aliphatic heterocycles. The van der Waals surface area contributed by atoms with Gasteiger partial charge in [-0.2, -0.15) is 0 Å². The van der Waals surface area contributed by atoms with E-state index in [2.05, 4.69) is 5.32 Å². The van der Waals surface area contributed by atoms with Crippen LogP contribution in [0.3, 0.4) is 0 Å². The lowest BCUT2D eigenvalue weighted by molar-refractivity contribution is -0.123. The van der Waals surface area contributed by atoms with Crippen molar-refractivity contribution in [1.29, 1.82) is 0 Å². The second-order valence-electron chi connectivity index (χ2n) is 7.37. The summed E-state index contributed by atoms with van der Waals surface area (Å²) in [5, 5.41) is 5.49. The molecule has 1 aromatic heterocycles. The molecule has 0 aliphatic carbocycles. The quantitative estimate of drug-likeness (QED) is 0.502. The summed E-state index contributed by atoms with van der Waals surface area (Å²) in [4.78, 5) is 39.5. The van der Waals surface area contributed by atoms with Gasteiger partial charge in [0.25, 0.3) is 5.91 Å². The summed E-state index contributed by atoms with van der Waals surface area (Å²) in [6.45, 7) is 3.45. The lowest BCUT2D eigenvalue weighted by Crippen LogP contribution is -2.43. The molecule has 0 saturated carbocycles. The van der Waals surface area contributed by atoms with Crippen LogP contribution >= 0.6 is 22.9 Å². The molecule has 33 heavy (non-hydrogen) atoms. The number of rotatable bonds is 6. The van der Waals surface area contributed by atoms with Gasteiger partial charge < -0.3 is 14.8 Å². The van der Waals surface area contributed by atoms with Gasteiger partial charge in [-0.25, -0.2) is 4.79 Å². The van der Waals surface area contributed by atoms with E-state index in [0.717, 1.165) is 11.1 Å². The lowest BCUT2D eigenvalue weighted by Gasteiger charge is -2.29. The molecule has 3 aromatic rings. The summed E-state index contributed by atoms with van der Waals surface area (Å²) in [5.41, 5.74) is 3.15. The first-order valence-electron chi connectivity index (χ1n) is 10.3. The Morgan fingerprint density at radius 2 is 1.97 bits per heavy atom. The first kappa shape index (κ1) is 22.8. The summed E-state index contributed by atoms with van der Waals surface area (Å²) in [5.74, 6) is -0.751. The summed E-state index contributed by atoms with van der Waals surface area (Å²) in [6.07, 6.45) is 0. The van der Waals surface area contributed by atoms with Crippen LogP contribution in [0, 0.1) is 6.92 Å². The molecule has 0 spiro atoms. The fourth-order valence-corrected chi connectivity index (χ4v) is 4.59. The summed E-state index contributed by atoms with van der Waals surface area (Å²) >= 11 is 7.20. The maximum absolute atomic E-state index is 12.9. The van der Waals surface area contributed by atoms with Crippen molar-refractivity contribution in [3.05, 3.63) is 64.0 Å². The number of halogens is 1. The van der Waals surface area contributed by atoms with E-state index in [4.69, 9.17) is 21.1 Å². The van der Waals surface area contributed by atoms with Crippen molar-refractivity contribution < 1.29 is 23.9 Å². The van der Waals surface area contributed by atoms with E-state index in [9.17, 15) is 14.4 Å². The molecular formula is C24H21ClN2O5S. The minimum absolute atomic E-state index is 0.142. The average molecular weight is 485 g/mol. The van der Waals surface area contributed by atoms with Crippen LogP contribution in [0.1, 0.15) is 22.8 Å². The van der Waals surface area contributed by atoms with Gasteiger partial charge in [0.2, 0.25) is 5.91 Å². The highest BCUT2D eigenvalue weighted by atomic mass is 35.5. The van der Waals surface area contributed by atoms with Crippen molar-refractivity contribution in [2.75, 3.05) is 30.0 Å². The van der Waals surface area contributed by atoms with Gasteiger partial charge in [0.15, 0.2) is 6.61 Å². The van der Waals surface area contributed by atoms with Crippen molar-refractivity contribution >= 4 is 51.4 Å². The van der Waals surface area contributed by atoms with Crippen molar-refractivity contribution in [2.24, 2.45) is 0 Å². The third-order valence-electron chi connectivity index (χ3n) is 5.04. The lowest BCUT2D eigenvalue weighted by atomic mass is 10.0. The van der Waals surface area contributed by atoms with E-state index in [0.29, 0.717) is 27.0 Å². The molecule has 1 aliphatic rings. The molecule has 7 nitrogen and oxygen atoms in total. The van der Waals surface area contributed by atoms with Crippen LogP contribution in [0.5, 0.6) is 5.75 Å².